The van der Waals surface area contributed by atoms with Crippen LogP contribution in [0.4, 0.5) is 0 Å². The summed E-state index contributed by atoms with van der Waals surface area (Å²) in [6.45, 7) is 0. The fourth-order valence-corrected chi connectivity index (χ4v) is 3.95. The van der Waals surface area contributed by atoms with Crippen molar-refractivity contribution in [1.82, 2.24) is 0 Å². The molecular formula is C16H10BrNS. The van der Waals surface area contributed by atoms with Gasteiger partial charge in [0.15, 0.2) is 0 Å². The third-order valence-corrected chi connectivity index (χ3v) is 4.80. The molecule has 1 aliphatic carbocycles. The van der Waals surface area contributed by atoms with Crippen molar-refractivity contribution in [2.24, 2.45) is 4.99 Å². The Morgan fingerprint density at radius 3 is 2.79 bits per heavy atom. The molecule has 1 nitrogen and oxygen atoms in total. The van der Waals surface area contributed by atoms with E-state index in [0.717, 1.165) is 14.9 Å². The Kier molecular flexibility index (Phi) is 2.57. The normalized spacial score (nSPS) is 20.3. The van der Waals surface area contributed by atoms with E-state index < -0.39 is 0 Å². The zero-order valence-corrected chi connectivity index (χ0v) is 12.4. The van der Waals surface area contributed by atoms with Crippen molar-refractivity contribution in [3.05, 3.63) is 79.6 Å². The summed E-state index contributed by atoms with van der Waals surface area (Å²) in [5.41, 5.74) is 3.75. The topological polar surface area (TPSA) is 12.4 Å². The Morgan fingerprint density at radius 2 is 1.95 bits per heavy atom. The van der Waals surface area contributed by atoms with E-state index in [1.54, 1.807) is 11.3 Å². The molecule has 2 aliphatic rings. The van der Waals surface area contributed by atoms with Gasteiger partial charge in [-0.25, -0.2) is 4.99 Å². The van der Waals surface area contributed by atoms with Crippen LogP contribution in [0.2, 0.25) is 0 Å². The van der Waals surface area contributed by atoms with E-state index in [-0.39, 0.29) is 5.92 Å². The first-order valence-corrected chi connectivity index (χ1v) is 7.81. The maximum Gasteiger partial charge on any atom is 0.124 e. The highest BCUT2D eigenvalue weighted by atomic mass is 79.9. The van der Waals surface area contributed by atoms with Gasteiger partial charge < -0.3 is 0 Å². The molecule has 2 heterocycles. The molecular weight excluding hydrogens is 318 g/mol. The Balaban J connectivity index is 2.00. The van der Waals surface area contributed by atoms with Gasteiger partial charge in [0, 0.05) is 15.6 Å². The van der Waals surface area contributed by atoms with Crippen molar-refractivity contribution in [2.75, 3.05) is 0 Å². The molecule has 2 aromatic rings. The number of thiophene rings is 1. The molecule has 0 saturated carbocycles. The lowest BCUT2D eigenvalue weighted by atomic mass is 9.86. The lowest BCUT2D eigenvalue weighted by molar-refractivity contribution is 1.07. The van der Waals surface area contributed by atoms with Crippen LogP contribution in [0.15, 0.2) is 69.1 Å². The molecule has 0 N–H and O–H groups in total. The highest BCUT2D eigenvalue weighted by Crippen LogP contribution is 2.39. The summed E-state index contributed by atoms with van der Waals surface area (Å²) in [4.78, 5) is 4.73. The number of fused-ring (bicyclic) bond motifs is 2. The molecule has 0 spiro atoms. The van der Waals surface area contributed by atoms with Crippen LogP contribution in [-0.2, 0) is 0 Å². The summed E-state index contributed by atoms with van der Waals surface area (Å²) in [5, 5.41) is 3.41. The van der Waals surface area contributed by atoms with Gasteiger partial charge in [-0.3, -0.25) is 0 Å². The van der Waals surface area contributed by atoms with Gasteiger partial charge in [-0.05, 0) is 28.7 Å². The summed E-state index contributed by atoms with van der Waals surface area (Å²) >= 11 is 5.32. The highest BCUT2D eigenvalue weighted by molar-refractivity contribution is 9.11. The number of halogens is 1. The van der Waals surface area contributed by atoms with Crippen LogP contribution in [0.5, 0.6) is 0 Å². The van der Waals surface area contributed by atoms with Gasteiger partial charge in [0.25, 0.3) is 0 Å². The number of benzene rings is 1. The smallest absolute Gasteiger partial charge is 0.124 e. The molecule has 0 amide bonds. The summed E-state index contributed by atoms with van der Waals surface area (Å²) in [5.74, 6) is 0.287. The van der Waals surface area contributed by atoms with Gasteiger partial charge >= 0.3 is 0 Å². The lowest BCUT2D eigenvalue weighted by Crippen LogP contribution is -2.19. The molecule has 1 aromatic carbocycles. The largest absolute Gasteiger partial charge is 0.237 e. The van der Waals surface area contributed by atoms with Crippen molar-refractivity contribution < 1.29 is 0 Å². The van der Waals surface area contributed by atoms with Gasteiger partial charge in [0.2, 0.25) is 0 Å². The Labute approximate surface area is 123 Å². The van der Waals surface area contributed by atoms with Gasteiger partial charge in [0.05, 0.1) is 5.70 Å². The molecule has 4 rings (SSSR count). The first kappa shape index (κ1) is 11.4. The molecule has 1 aromatic heterocycles. The van der Waals surface area contributed by atoms with E-state index in [9.17, 15) is 0 Å². The summed E-state index contributed by atoms with van der Waals surface area (Å²) in [6.07, 6.45) is 4.37. The first-order chi connectivity index (χ1) is 9.33. The van der Waals surface area contributed by atoms with E-state index in [0.29, 0.717) is 0 Å². The fraction of sp³-hybridized carbons (Fsp3) is 0.0625. The molecule has 0 radical (unpaired) electrons. The average molecular weight is 328 g/mol. The summed E-state index contributed by atoms with van der Waals surface area (Å²) < 4.78 is 2.25. The van der Waals surface area contributed by atoms with E-state index in [1.165, 1.54) is 16.4 Å². The van der Waals surface area contributed by atoms with Crippen LogP contribution in [-0.4, -0.2) is 0 Å². The summed E-state index contributed by atoms with van der Waals surface area (Å²) in [6, 6.07) is 12.8. The van der Waals surface area contributed by atoms with Crippen molar-refractivity contribution in [3.63, 3.8) is 0 Å². The Hall–Kier alpha value is -1.45. The molecule has 1 aliphatic heterocycles. The number of rotatable bonds is 1. The standard InChI is InChI=1S/C16H10BrNS/c17-11-8-13(10-4-2-1-3-5-10)15-12-6-7-19-16(12)18-14(15)9-11/h1-9,13H. The number of nitrogens with zero attached hydrogens (tertiary/aromatic N) is 1. The van der Waals surface area contributed by atoms with Crippen LogP contribution in [0, 0.1) is 0 Å². The van der Waals surface area contributed by atoms with Gasteiger partial charge in [-0.1, -0.05) is 52.3 Å². The second-order valence-corrected chi connectivity index (χ2v) is 6.44. The fourth-order valence-electron chi connectivity index (χ4n) is 2.68. The molecule has 19 heavy (non-hydrogen) atoms. The van der Waals surface area contributed by atoms with Crippen molar-refractivity contribution in [3.8, 4) is 0 Å². The quantitative estimate of drug-likeness (QED) is 0.760. The Morgan fingerprint density at radius 1 is 1.11 bits per heavy atom. The molecule has 1 unspecified atom stereocenters. The van der Waals surface area contributed by atoms with Crippen LogP contribution in [0.3, 0.4) is 0 Å². The zero-order valence-electron chi connectivity index (χ0n) is 10.0. The Bertz CT molecular complexity index is 827. The van der Waals surface area contributed by atoms with Crippen molar-refractivity contribution >= 4 is 32.8 Å². The highest BCUT2D eigenvalue weighted by Gasteiger charge is 2.26. The molecule has 92 valence electrons. The second kappa shape index (κ2) is 4.29. The monoisotopic (exact) mass is 327 g/mol. The van der Waals surface area contributed by atoms with Crippen LogP contribution < -0.4 is 9.89 Å². The third-order valence-electron chi connectivity index (χ3n) is 3.50. The van der Waals surface area contributed by atoms with Crippen LogP contribution in [0.1, 0.15) is 11.5 Å². The minimum absolute atomic E-state index is 0.287. The average Bonchev–Trinajstić information content (AvgIpc) is 2.98. The predicted molar refractivity (Wildman–Crippen MR) is 82.8 cm³/mol. The minimum Gasteiger partial charge on any atom is -0.237 e. The predicted octanol–water partition coefficient (Wildman–Crippen LogP) is 3.49. The molecule has 1 atom stereocenters. The van der Waals surface area contributed by atoms with E-state index in [2.05, 4.69) is 69.9 Å². The van der Waals surface area contributed by atoms with Crippen molar-refractivity contribution in [1.29, 1.82) is 0 Å². The number of hydrogen-bond donors (Lipinski definition) is 0. The van der Waals surface area contributed by atoms with E-state index >= 15 is 0 Å². The summed E-state index contributed by atoms with van der Waals surface area (Å²) in [7, 11) is 0. The second-order valence-electron chi connectivity index (χ2n) is 4.63. The number of allylic oxidation sites excluding steroid dienone is 4. The molecule has 0 fully saturated rings. The van der Waals surface area contributed by atoms with Crippen LogP contribution in [0.25, 0.3) is 5.57 Å². The van der Waals surface area contributed by atoms with Gasteiger partial charge in [0.1, 0.15) is 4.67 Å². The van der Waals surface area contributed by atoms with Crippen LogP contribution >= 0.6 is 27.3 Å². The lowest BCUT2D eigenvalue weighted by Gasteiger charge is -2.20. The maximum atomic E-state index is 4.73. The minimum atomic E-state index is 0.287. The molecule has 0 saturated heterocycles. The van der Waals surface area contributed by atoms with Crippen molar-refractivity contribution in [2.45, 2.75) is 5.92 Å². The first-order valence-electron chi connectivity index (χ1n) is 6.14. The van der Waals surface area contributed by atoms with Gasteiger partial charge in [-0.15, -0.1) is 11.3 Å². The molecule has 0 bridgehead atoms. The molecule has 3 heteroatoms. The SMILES string of the molecule is BrC1=CC(c2ccccc2)C2=c3ccsc3=NC2=C1. The zero-order chi connectivity index (χ0) is 12.8. The third kappa shape index (κ3) is 1.77. The van der Waals surface area contributed by atoms with E-state index in [4.69, 9.17) is 4.99 Å². The van der Waals surface area contributed by atoms with Gasteiger partial charge in [-0.2, -0.15) is 0 Å². The number of hydrogen-bond acceptors (Lipinski definition) is 2. The maximum absolute atomic E-state index is 4.73. The van der Waals surface area contributed by atoms with E-state index in [1.807, 2.05) is 0 Å².